The molecule has 21 heavy (non-hydrogen) atoms. The van der Waals surface area contributed by atoms with Crippen LogP contribution in [-0.2, 0) is 0 Å². The van der Waals surface area contributed by atoms with Crippen LogP contribution in [-0.4, -0.2) is 23.4 Å². The molecule has 3 rings (SSSR count). The molecule has 5 nitrogen and oxygen atoms in total. The molecule has 0 spiro atoms. The monoisotopic (exact) mass is 299 g/mol. The molecular weight excluding hydrogens is 286 g/mol. The van der Waals surface area contributed by atoms with E-state index in [1.165, 1.54) is 24.7 Å². The van der Waals surface area contributed by atoms with Gasteiger partial charge in [-0.2, -0.15) is 5.10 Å². The largest absolute Gasteiger partial charge is 0.504 e. The Morgan fingerprint density at radius 3 is 2.90 bits per heavy atom. The smallest absolute Gasteiger partial charge is 0.204 e. The van der Waals surface area contributed by atoms with Gasteiger partial charge in [-0.1, -0.05) is 29.5 Å². The molecule has 0 fully saturated rings. The van der Waals surface area contributed by atoms with Crippen LogP contribution in [0.4, 0.5) is 5.13 Å². The van der Waals surface area contributed by atoms with Crippen LogP contribution < -0.4 is 10.2 Å². The lowest BCUT2D eigenvalue weighted by Gasteiger charge is -2.04. The highest BCUT2D eigenvalue weighted by Crippen LogP contribution is 2.28. The van der Waals surface area contributed by atoms with Crippen LogP contribution in [0.25, 0.3) is 10.2 Å². The van der Waals surface area contributed by atoms with Gasteiger partial charge in [0.25, 0.3) is 0 Å². The molecule has 3 aromatic rings. The van der Waals surface area contributed by atoms with Crippen LogP contribution in [0, 0.1) is 0 Å². The molecule has 0 aliphatic heterocycles. The van der Waals surface area contributed by atoms with Gasteiger partial charge in [0.1, 0.15) is 0 Å². The molecule has 2 N–H and O–H groups in total. The topological polar surface area (TPSA) is 66.7 Å². The molecule has 0 atom stereocenters. The van der Waals surface area contributed by atoms with E-state index in [0.717, 1.165) is 10.2 Å². The van der Waals surface area contributed by atoms with E-state index in [1.807, 2.05) is 24.3 Å². The van der Waals surface area contributed by atoms with Crippen LogP contribution in [0.5, 0.6) is 11.5 Å². The van der Waals surface area contributed by atoms with E-state index < -0.39 is 0 Å². The molecule has 2 aromatic carbocycles. The Hall–Kier alpha value is -2.60. The minimum atomic E-state index is 0.0647. The van der Waals surface area contributed by atoms with Gasteiger partial charge in [0, 0.05) is 5.56 Å². The van der Waals surface area contributed by atoms with E-state index in [4.69, 9.17) is 4.74 Å². The molecule has 1 heterocycles. The fourth-order valence-electron chi connectivity index (χ4n) is 1.89. The number of hydrogen-bond acceptors (Lipinski definition) is 6. The van der Waals surface area contributed by atoms with E-state index in [9.17, 15) is 5.11 Å². The maximum atomic E-state index is 9.94. The molecule has 0 radical (unpaired) electrons. The van der Waals surface area contributed by atoms with E-state index in [2.05, 4.69) is 15.5 Å². The maximum Gasteiger partial charge on any atom is 0.204 e. The number of nitrogens with zero attached hydrogens (tertiary/aromatic N) is 2. The second-order valence-corrected chi connectivity index (χ2v) is 5.29. The summed E-state index contributed by atoms with van der Waals surface area (Å²) < 4.78 is 6.14. The summed E-state index contributed by atoms with van der Waals surface area (Å²) in [5.74, 6) is 0.480. The molecule has 0 saturated heterocycles. The Morgan fingerprint density at radius 1 is 1.24 bits per heavy atom. The highest BCUT2D eigenvalue weighted by Gasteiger charge is 2.05. The Balaban J connectivity index is 1.78. The SMILES string of the molecule is COc1cccc(/C=N\Nc2nc3ccccc3s2)c1O. The van der Waals surface area contributed by atoms with Crippen molar-refractivity contribution in [1.82, 2.24) is 4.98 Å². The van der Waals surface area contributed by atoms with Crippen molar-refractivity contribution in [1.29, 1.82) is 0 Å². The number of rotatable bonds is 4. The van der Waals surface area contributed by atoms with Gasteiger partial charge >= 0.3 is 0 Å². The summed E-state index contributed by atoms with van der Waals surface area (Å²) in [6, 6.07) is 13.1. The van der Waals surface area contributed by atoms with Gasteiger partial charge in [0.15, 0.2) is 11.5 Å². The minimum absolute atomic E-state index is 0.0647. The number of thiazole rings is 1. The first-order valence-electron chi connectivity index (χ1n) is 6.28. The Kier molecular flexibility index (Phi) is 3.70. The van der Waals surface area contributed by atoms with Crippen molar-refractivity contribution < 1.29 is 9.84 Å². The second-order valence-electron chi connectivity index (χ2n) is 4.25. The lowest BCUT2D eigenvalue weighted by molar-refractivity contribution is 0.373. The van der Waals surface area contributed by atoms with E-state index in [0.29, 0.717) is 16.4 Å². The predicted molar refractivity (Wildman–Crippen MR) is 85.5 cm³/mol. The summed E-state index contributed by atoms with van der Waals surface area (Å²) >= 11 is 1.52. The number of fused-ring (bicyclic) bond motifs is 1. The first-order valence-corrected chi connectivity index (χ1v) is 7.10. The van der Waals surface area contributed by atoms with Gasteiger partial charge in [-0.05, 0) is 24.3 Å². The second kappa shape index (κ2) is 5.80. The lowest BCUT2D eigenvalue weighted by atomic mass is 10.2. The zero-order chi connectivity index (χ0) is 14.7. The van der Waals surface area contributed by atoms with Crippen LogP contribution in [0.3, 0.4) is 0 Å². The molecule has 0 amide bonds. The fourth-order valence-corrected chi connectivity index (χ4v) is 2.70. The molecule has 0 unspecified atom stereocenters. The number of nitrogens with one attached hydrogen (secondary N) is 1. The number of hydrazone groups is 1. The number of aromatic hydroxyl groups is 1. The van der Waals surface area contributed by atoms with Gasteiger partial charge in [-0.3, -0.25) is 5.43 Å². The number of anilines is 1. The quantitative estimate of drug-likeness (QED) is 0.572. The molecule has 0 aliphatic rings. The zero-order valence-electron chi connectivity index (χ0n) is 11.3. The van der Waals surface area contributed by atoms with Gasteiger partial charge in [-0.15, -0.1) is 0 Å². The minimum Gasteiger partial charge on any atom is -0.504 e. The lowest BCUT2D eigenvalue weighted by Crippen LogP contribution is -1.92. The number of phenols is 1. The van der Waals surface area contributed by atoms with Crippen molar-refractivity contribution in [2.45, 2.75) is 0 Å². The average Bonchev–Trinajstić information content (AvgIpc) is 2.91. The molecule has 0 aliphatic carbocycles. The molecule has 6 heteroatoms. The molecule has 0 saturated carbocycles. The van der Waals surface area contributed by atoms with Crippen molar-refractivity contribution in [2.24, 2.45) is 5.10 Å². The molecular formula is C15H13N3O2S. The standard InChI is InChI=1S/C15H13N3O2S/c1-20-12-7-4-5-10(14(12)19)9-16-18-15-17-11-6-2-3-8-13(11)21-15/h2-9,19H,1H3,(H,17,18)/b16-9-. The normalized spacial score (nSPS) is 11.1. The number of para-hydroxylation sites is 2. The Morgan fingerprint density at radius 2 is 2.10 bits per heavy atom. The summed E-state index contributed by atoms with van der Waals surface area (Å²) in [5, 5.41) is 14.7. The average molecular weight is 299 g/mol. The van der Waals surface area contributed by atoms with Crippen LogP contribution in [0.15, 0.2) is 47.6 Å². The zero-order valence-corrected chi connectivity index (χ0v) is 12.1. The summed E-state index contributed by atoms with van der Waals surface area (Å²) in [6.07, 6.45) is 1.53. The number of phenolic OH excluding ortho intramolecular Hbond substituents is 1. The van der Waals surface area contributed by atoms with Gasteiger partial charge in [-0.25, -0.2) is 4.98 Å². The van der Waals surface area contributed by atoms with Crippen molar-refractivity contribution in [3.63, 3.8) is 0 Å². The first kappa shape index (κ1) is 13.4. The maximum absolute atomic E-state index is 9.94. The van der Waals surface area contributed by atoms with Crippen LogP contribution in [0.1, 0.15) is 5.56 Å². The van der Waals surface area contributed by atoms with Crippen LogP contribution >= 0.6 is 11.3 Å². The molecule has 0 bridgehead atoms. The van der Waals surface area contributed by atoms with Gasteiger partial charge in [0.2, 0.25) is 5.13 Å². The molecule has 1 aromatic heterocycles. The van der Waals surface area contributed by atoms with Gasteiger partial charge in [0.05, 0.1) is 23.5 Å². The Labute approximate surface area is 125 Å². The Bertz CT molecular complexity index is 765. The van der Waals surface area contributed by atoms with Crippen molar-refractivity contribution in [3.05, 3.63) is 48.0 Å². The number of hydrogen-bond donors (Lipinski definition) is 2. The highest BCUT2D eigenvalue weighted by molar-refractivity contribution is 7.22. The van der Waals surface area contributed by atoms with E-state index in [-0.39, 0.29) is 5.75 Å². The fraction of sp³-hybridized carbons (Fsp3) is 0.0667. The number of benzene rings is 2. The summed E-state index contributed by atoms with van der Waals surface area (Å²) in [6.45, 7) is 0. The van der Waals surface area contributed by atoms with Crippen LogP contribution in [0.2, 0.25) is 0 Å². The third kappa shape index (κ3) is 2.80. The third-order valence-electron chi connectivity index (χ3n) is 2.91. The number of aromatic nitrogens is 1. The predicted octanol–water partition coefficient (Wildman–Crippen LogP) is 3.46. The van der Waals surface area contributed by atoms with Crippen molar-refractivity contribution in [2.75, 3.05) is 12.5 Å². The molecule has 106 valence electrons. The number of methoxy groups -OCH3 is 1. The van der Waals surface area contributed by atoms with E-state index in [1.54, 1.807) is 18.2 Å². The third-order valence-corrected chi connectivity index (χ3v) is 3.85. The van der Waals surface area contributed by atoms with E-state index >= 15 is 0 Å². The van der Waals surface area contributed by atoms with Crippen molar-refractivity contribution >= 4 is 32.9 Å². The van der Waals surface area contributed by atoms with Gasteiger partial charge < -0.3 is 9.84 Å². The number of ether oxygens (including phenoxy) is 1. The summed E-state index contributed by atoms with van der Waals surface area (Å²) in [5.41, 5.74) is 4.38. The summed E-state index contributed by atoms with van der Waals surface area (Å²) in [7, 11) is 1.51. The van der Waals surface area contributed by atoms with Crippen molar-refractivity contribution in [3.8, 4) is 11.5 Å². The summed E-state index contributed by atoms with van der Waals surface area (Å²) in [4.78, 5) is 4.41. The first-order chi connectivity index (χ1) is 10.3. The highest BCUT2D eigenvalue weighted by atomic mass is 32.1.